The standard InChI is InChI=1S/C30H27ClF2N6O/c1-39(2)14-4-13-34-29(40)18-7-10-21(11-8-18)37-30-36-17-19-16-35-28(26-24(32)5-3-6-25(26)33)23-15-20(31)9-12-22(23)27(19)38-30/h3,5-12,15,17H,4,13-14,16H2,1-2H3,(H,34,40)(H,36,37,38). The van der Waals surface area contributed by atoms with Crippen LogP contribution in [0.25, 0.3) is 11.3 Å². The Hall–Kier alpha value is -4.21. The minimum atomic E-state index is -0.713. The van der Waals surface area contributed by atoms with E-state index in [1.165, 1.54) is 18.2 Å². The molecule has 1 amide bonds. The average molecular weight is 561 g/mol. The Balaban J connectivity index is 1.39. The zero-order valence-corrected chi connectivity index (χ0v) is 22.8. The van der Waals surface area contributed by atoms with Gasteiger partial charge in [0.25, 0.3) is 5.91 Å². The van der Waals surface area contributed by atoms with Crippen molar-refractivity contribution < 1.29 is 13.6 Å². The summed E-state index contributed by atoms with van der Waals surface area (Å²) < 4.78 is 29.5. The molecule has 3 aromatic carbocycles. The van der Waals surface area contributed by atoms with Gasteiger partial charge >= 0.3 is 0 Å². The van der Waals surface area contributed by atoms with Crippen molar-refractivity contribution in [3.05, 3.63) is 106 Å². The number of aromatic nitrogens is 2. The Morgan fingerprint density at radius 3 is 2.50 bits per heavy atom. The highest BCUT2D eigenvalue weighted by Gasteiger charge is 2.25. The Labute approximate surface area is 236 Å². The van der Waals surface area contributed by atoms with Crippen molar-refractivity contribution in [2.24, 2.45) is 4.99 Å². The fourth-order valence-electron chi connectivity index (χ4n) is 4.46. The number of anilines is 2. The van der Waals surface area contributed by atoms with E-state index in [2.05, 4.69) is 25.5 Å². The van der Waals surface area contributed by atoms with Gasteiger partial charge in [-0.1, -0.05) is 23.7 Å². The van der Waals surface area contributed by atoms with Crippen LogP contribution < -0.4 is 10.6 Å². The van der Waals surface area contributed by atoms with Crippen molar-refractivity contribution in [3.8, 4) is 11.3 Å². The molecule has 1 aliphatic rings. The molecule has 4 aromatic rings. The number of rotatable bonds is 8. The molecule has 1 aliphatic heterocycles. The van der Waals surface area contributed by atoms with E-state index >= 15 is 0 Å². The molecule has 5 rings (SSSR count). The third kappa shape index (κ3) is 6.00. The van der Waals surface area contributed by atoms with Gasteiger partial charge in [0.1, 0.15) is 11.6 Å². The number of amides is 1. The highest BCUT2D eigenvalue weighted by Crippen LogP contribution is 2.34. The minimum absolute atomic E-state index is 0.128. The first-order chi connectivity index (χ1) is 19.3. The van der Waals surface area contributed by atoms with E-state index in [1.54, 1.807) is 48.7 Å². The summed E-state index contributed by atoms with van der Waals surface area (Å²) in [6, 6.07) is 15.8. The van der Waals surface area contributed by atoms with E-state index < -0.39 is 11.6 Å². The van der Waals surface area contributed by atoms with Crippen LogP contribution in [0.3, 0.4) is 0 Å². The molecule has 7 nitrogen and oxygen atoms in total. The smallest absolute Gasteiger partial charge is 0.251 e. The molecule has 0 fully saturated rings. The maximum Gasteiger partial charge on any atom is 0.251 e. The van der Waals surface area contributed by atoms with Crippen LogP contribution in [0.5, 0.6) is 0 Å². The second-order valence-corrected chi connectivity index (χ2v) is 10.1. The maximum absolute atomic E-state index is 14.8. The van der Waals surface area contributed by atoms with E-state index in [0.29, 0.717) is 51.2 Å². The van der Waals surface area contributed by atoms with Crippen LogP contribution in [0.2, 0.25) is 5.02 Å². The second kappa shape index (κ2) is 11.9. The van der Waals surface area contributed by atoms with Crippen LogP contribution in [0, 0.1) is 11.6 Å². The van der Waals surface area contributed by atoms with Crippen molar-refractivity contribution in [1.29, 1.82) is 0 Å². The zero-order valence-electron chi connectivity index (χ0n) is 22.0. The van der Waals surface area contributed by atoms with Crippen LogP contribution >= 0.6 is 11.6 Å². The first kappa shape index (κ1) is 27.4. The van der Waals surface area contributed by atoms with E-state index in [0.717, 1.165) is 13.0 Å². The number of fused-ring (bicyclic) bond motifs is 3. The number of carbonyl (C=O) groups is 1. The molecule has 2 N–H and O–H groups in total. The molecule has 0 saturated carbocycles. The highest BCUT2D eigenvalue weighted by atomic mass is 35.5. The van der Waals surface area contributed by atoms with Crippen molar-refractivity contribution in [3.63, 3.8) is 0 Å². The quantitative estimate of drug-likeness (QED) is 0.264. The molecular formula is C30H27ClF2N6O. The fraction of sp³-hybridized carbons (Fsp3) is 0.200. The summed E-state index contributed by atoms with van der Waals surface area (Å²) in [6.07, 6.45) is 2.51. The molecule has 0 unspecified atom stereocenters. The molecule has 0 saturated heterocycles. The SMILES string of the molecule is CN(C)CCCNC(=O)c1ccc(Nc2ncc3c(n2)-c2ccc(Cl)cc2C(c2c(F)cccc2F)=NC3)cc1. The van der Waals surface area contributed by atoms with Crippen LogP contribution in [0.4, 0.5) is 20.4 Å². The van der Waals surface area contributed by atoms with E-state index in [9.17, 15) is 13.6 Å². The monoisotopic (exact) mass is 560 g/mol. The van der Waals surface area contributed by atoms with Gasteiger partial charge in [-0.25, -0.2) is 18.7 Å². The minimum Gasteiger partial charge on any atom is -0.352 e. The third-order valence-corrected chi connectivity index (χ3v) is 6.67. The van der Waals surface area contributed by atoms with Crippen molar-refractivity contribution in [2.75, 3.05) is 32.5 Å². The van der Waals surface area contributed by atoms with Crippen molar-refractivity contribution >= 4 is 34.9 Å². The number of nitrogens with zero attached hydrogens (tertiary/aromatic N) is 4. The first-order valence-corrected chi connectivity index (χ1v) is 13.1. The summed E-state index contributed by atoms with van der Waals surface area (Å²) in [5.41, 5.74) is 3.57. The van der Waals surface area contributed by atoms with E-state index in [1.807, 2.05) is 14.1 Å². The fourth-order valence-corrected chi connectivity index (χ4v) is 4.63. The van der Waals surface area contributed by atoms with E-state index in [4.69, 9.17) is 16.6 Å². The average Bonchev–Trinajstić information content (AvgIpc) is 3.08. The molecule has 0 aliphatic carbocycles. The van der Waals surface area contributed by atoms with E-state index in [-0.39, 0.29) is 23.7 Å². The third-order valence-electron chi connectivity index (χ3n) is 6.43. The molecule has 0 radical (unpaired) electrons. The zero-order chi connectivity index (χ0) is 28.2. The number of halogens is 3. The lowest BCUT2D eigenvalue weighted by Crippen LogP contribution is -2.27. The summed E-state index contributed by atoms with van der Waals surface area (Å²) >= 11 is 6.29. The van der Waals surface area contributed by atoms with Gasteiger partial charge in [0.15, 0.2) is 0 Å². The molecule has 0 atom stereocenters. The van der Waals surface area contributed by atoms with Crippen molar-refractivity contribution in [2.45, 2.75) is 13.0 Å². The van der Waals surface area contributed by atoms with Crippen LogP contribution in [-0.2, 0) is 6.54 Å². The summed E-state index contributed by atoms with van der Waals surface area (Å²) in [6.45, 7) is 1.62. The van der Waals surface area contributed by atoms with Gasteiger partial charge in [-0.15, -0.1) is 0 Å². The maximum atomic E-state index is 14.8. The number of aliphatic imine (C=N–C) groups is 1. The van der Waals surface area contributed by atoms with Gasteiger partial charge in [0.2, 0.25) is 5.95 Å². The lowest BCUT2D eigenvalue weighted by atomic mass is 9.95. The molecule has 40 heavy (non-hydrogen) atoms. The van der Waals surface area contributed by atoms with Gasteiger partial charge in [-0.2, -0.15) is 0 Å². The summed E-state index contributed by atoms with van der Waals surface area (Å²) in [5.74, 6) is -1.24. The lowest BCUT2D eigenvalue weighted by Gasteiger charge is -2.13. The first-order valence-electron chi connectivity index (χ1n) is 12.7. The normalized spacial score (nSPS) is 12.3. The Kier molecular flexibility index (Phi) is 8.14. The number of hydrogen-bond acceptors (Lipinski definition) is 6. The van der Waals surface area contributed by atoms with Gasteiger partial charge in [0.05, 0.1) is 23.5 Å². The van der Waals surface area contributed by atoms with Crippen molar-refractivity contribution in [1.82, 2.24) is 20.2 Å². The predicted molar refractivity (Wildman–Crippen MR) is 153 cm³/mol. The summed E-state index contributed by atoms with van der Waals surface area (Å²) in [7, 11) is 3.99. The molecule has 10 heteroatoms. The molecule has 0 bridgehead atoms. The summed E-state index contributed by atoms with van der Waals surface area (Å²) in [4.78, 5) is 28.2. The van der Waals surface area contributed by atoms with Gasteiger partial charge in [-0.05, 0) is 75.6 Å². The van der Waals surface area contributed by atoms with Crippen LogP contribution in [0.15, 0.2) is 71.9 Å². The Morgan fingerprint density at radius 1 is 1.02 bits per heavy atom. The summed E-state index contributed by atoms with van der Waals surface area (Å²) in [5, 5.41) is 6.49. The van der Waals surface area contributed by atoms with Gasteiger partial charge < -0.3 is 15.5 Å². The number of nitrogens with one attached hydrogen (secondary N) is 2. The predicted octanol–water partition coefficient (Wildman–Crippen LogP) is 5.85. The molecule has 204 valence electrons. The second-order valence-electron chi connectivity index (χ2n) is 9.63. The number of hydrogen-bond donors (Lipinski definition) is 2. The molecular weight excluding hydrogens is 534 g/mol. The number of benzene rings is 3. The van der Waals surface area contributed by atoms with Gasteiger partial charge in [-0.3, -0.25) is 9.79 Å². The van der Waals surface area contributed by atoms with Gasteiger partial charge in [0, 0.05) is 45.7 Å². The van der Waals surface area contributed by atoms with Crippen LogP contribution in [0.1, 0.15) is 33.5 Å². The lowest BCUT2D eigenvalue weighted by molar-refractivity contribution is 0.0952. The topological polar surface area (TPSA) is 82.5 Å². The Morgan fingerprint density at radius 2 is 1.77 bits per heavy atom. The molecule has 2 heterocycles. The molecule has 1 aromatic heterocycles. The largest absolute Gasteiger partial charge is 0.352 e. The van der Waals surface area contributed by atoms with Crippen LogP contribution in [-0.4, -0.2) is 53.7 Å². The highest BCUT2D eigenvalue weighted by molar-refractivity contribution is 6.31. The molecule has 0 spiro atoms. The number of carbonyl (C=O) groups excluding carboxylic acids is 1. The Bertz CT molecular complexity index is 1570.